The Morgan fingerprint density at radius 2 is 1.57 bits per heavy atom. The van der Waals surface area contributed by atoms with Crippen molar-refractivity contribution in [2.45, 2.75) is 6.92 Å². The van der Waals surface area contributed by atoms with E-state index in [2.05, 4.69) is 10.6 Å². The lowest BCUT2D eigenvalue weighted by Gasteiger charge is -2.23. The minimum Gasteiger partial charge on any atom is -0.494 e. The Morgan fingerprint density at radius 1 is 0.964 bits per heavy atom. The number of nitrogens with one attached hydrogen (secondary N) is 3. The minimum absolute atomic E-state index is 0.0384. The maximum atomic E-state index is 12.4. The normalized spacial score (nSPS) is 14.3. The van der Waals surface area contributed by atoms with Crippen molar-refractivity contribution < 1.29 is 24.0 Å². The number of hydrogen-bond acceptors (Lipinski definition) is 4. The van der Waals surface area contributed by atoms with E-state index < -0.39 is 0 Å². The third-order valence-corrected chi connectivity index (χ3v) is 4.46. The molecule has 2 amide bonds. The predicted molar refractivity (Wildman–Crippen MR) is 107 cm³/mol. The molecule has 1 aliphatic heterocycles. The third kappa shape index (κ3) is 5.80. The highest BCUT2D eigenvalue weighted by Gasteiger charge is 2.17. The van der Waals surface area contributed by atoms with E-state index in [9.17, 15) is 9.59 Å². The molecule has 0 atom stereocenters. The summed E-state index contributed by atoms with van der Waals surface area (Å²) in [7, 11) is 0. The van der Waals surface area contributed by atoms with Gasteiger partial charge in [-0.25, -0.2) is 0 Å². The molecule has 2 aromatic carbocycles. The van der Waals surface area contributed by atoms with Gasteiger partial charge < -0.3 is 25.0 Å². The van der Waals surface area contributed by atoms with Crippen LogP contribution in [-0.2, 0) is 9.53 Å². The molecule has 7 heteroatoms. The van der Waals surface area contributed by atoms with Crippen molar-refractivity contribution in [3.05, 3.63) is 54.1 Å². The van der Waals surface area contributed by atoms with Crippen molar-refractivity contribution in [3.63, 3.8) is 0 Å². The zero-order valence-electron chi connectivity index (χ0n) is 16.0. The van der Waals surface area contributed by atoms with Crippen molar-refractivity contribution in [1.82, 2.24) is 0 Å². The zero-order chi connectivity index (χ0) is 19.8. The van der Waals surface area contributed by atoms with E-state index in [1.165, 1.54) is 4.90 Å². The van der Waals surface area contributed by atoms with Crippen LogP contribution in [0.4, 0.5) is 11.4 Å². The first-order chi connectivity index (χ1) is 13.6. The molecular formula is C21H26N3O4+. The molecular weight excluding hydrogens is 358 g/mol. The van der Waals surface area contributed by atoms with Gasteiger partial charge in [0.25, 0.3) is 11.8 Å². The van der Waals surface area contributed by atoms with Crippen LogP contribution < -0.4 is 20.3 Å². The van der Waals surface area contributed by atoms with Crippen LogP contribution >= 0.6 is 0 Å². The molecule has 28 heavy (non-hydrogen) atoms. The lowest BCUT2D eigenvalue weighted by atomic mass is 10.2. The number of rotatable bonds is 7. The van der Waals surface area contributed by atoms with Crippen molar-refractivity contribution in [2.75, 3.05) is 50.1 Å². The van der Waals surface area contributed by atoms with E-state index in [0.717, 1.165) is 18.8 Å². The number of morpholine rings is 1. The largest absolute Gasteiger partial charge is 0.494 e. The van der Waals surface area contributed by atoms with E-state index in [4.69, 9.17) is 9.47 Å². The highest BCUT2D eigenvalue weighted by Crippen LogP contribution is 2.17. The van der Waals surface area contributed by atoms with Crippen LogP contribution in [0.15, 0.2) is 48.5 Å². The van der Waals surface area contributed by atoms with Gasteiger partial charge in [0.05, 0.1) is 19.8 Å². The Hall–Kier alpha value is -2.90. The number of anilines is 2. The Bertz CT molecular complexity index is 784. The highest BCUT2D eigenvalue weighted by atomic mass is 16.5. The average Bonchev–Trinajstić information content (AvgIpc) is 2.71. The number of carbonyl (C=O) groups is 2. The second-order valence-corrected chi connectivity index (χ2v) is 6.58. The van der Waals surface area contributed by atoms with Crippen LogP contribution in [0, 0.1) is 0 Å². The Morgan fingerprint density at radius 3 is 2.21 bits per heavy atom. The number of ether oxygens (including phenoxy) is 2. The van der Waals surface area contributed by atoms with Gasteiger partial charge in [-0.05, 0) is 55.5 Å². The van der Waals surface area contributed by atoms with Gasteiger partial charge in [-0.1, -0.05) is 0 Å². The molecule has 0 aromatic heterocycles. The molecule has 0 aliphatic carbocycles. The first kappa shape index (κ1) is 19.9. The van der Waals surface area contributed by atoms with Gasteiger partial charge in [0, 0.05) is 16.9 Å². The quantitative estimate of drug-likeness (QED) is 0.670. The number of hydrogen-bond donors (Lipinski definition) is 3. The average molecular weight is 384 g/mol. The number of benzene rings is 2. The molecule has 2 aromatic rings. The fourth-order valence-corrected chi connectivity index (χ4v) is 2.98. The molecule has 1 heterocycles. The number of carbonyl (C=O) groups excluding carboxylic acids is 2. The highest BCUT2D eigenvalue weighted by molar-refractivity contribution is 6.04. The van der Waals surface area contributed by atoms with Crippen molar-refractivity contribution >= 4 is 23.2 Å². The maximum Gasteiger partial charge on any atom is 0.279 e. The topological polar surface area (TPSA) is 81.1 Å². The molecule has 0 spiro atoms. The van der Waals surface area contributed by atoms with E-state index in [0.29, 0.717) is 43.3 Å². The van der Waals surface area contributed by atoms with Crippen molar-refractivity contribution in [2.24, 2.45) is 0 Å². The van der Waals surface area contributed by atoms with E-state index in [1.807, 2.05) is 19.1 Å². The molecule has 1 saturated heterocycles. The van der Waals surface area contributed by atoms with Gasteiger partial charge >= 0.3 is 0 Å². The second-order valence-electron chi connectivity index (χ2n) is 6.58. The summed E-state index contributed by atoms with van der Waals surface area (Å²) in [5, 5.41) is 5.72. The second kappa shape index (κ2) is 9.87. The Kier molecular flexibility index (Phi) is 7.00. The number of quaternary nitrogens is 1. The summed E-state index contributed by atoms with van der Waals surface area (Å²) >= 11 is 0. The summed E-state index contributed by atoms with van der Waals surface area (Å²) in [5.74, 6) is 0.516. The minimum atomic E-state index is -0.209. The molecule has 0 radical (unpaired) electrons. The Labute approximate surface area is 164 Å². The van der Waals surface area contributed by atoms with Crippen LogP contribution in [0.25, 0.3) is 0 Å². The smallest absolute Gasteiger partial charge is 0.279 e. The first-order valence-corrected chi connectivity index (χ1v) is 9.49. The molecule has 0 unspecified atom stereocenters. The zero-order valence-corrected chi connectivity index (χ0v) is 16.0. The van der Waals surface area contributed by atoms with Gasteiger partial charge in [0.15, 0.2) is 6.54 Å². The first-order valence-electron chi connectivity index (χ1n) is 9.49. The van der Waals surface area contributed by atoms with E-state index >= 15 is 0 Å². The van der Waals surface area contributed by atoms with Gasteiger partial charge in [-0.2, -0.15) is 0 Å². The fraction of sp³-hybridized carbons (Fsp3) is 0.333. The third-order valence-electron chi connectivity index (χ3n) is 4.46. The van der Waals surface area contributed by atoms with Gasteiger partial charge in [0.1, 0.15) is 18.8 Å². The molecule has 0 bridgehead atoms. The maximum absolute atomic E-state index is 12.4. The Balaban J connectivity index is 1.51. The van der Waals surface area contributed by atoms with Gasteiger partial charge in [-0.15, -0.1) is 0 Å². The monoisotopic (exact) mass is 384 g/mol. The summed E-state index contributed by atoms with van der Waals surface area (Å²) in [6.07, 6.45) is 0. The predicted octanol–water partition coefficient (Wildman–Crippen LogP) is 1.19. The summed E-state index contributed by atoms with van der Waals surface area (Å²) in [5.41, 5.74) is 1.89. The van der Waals surface area contributed by atoms with Crippen LogP contribution in [0.1, 0.15) is 17.3 Å². The summed E-state index contributed by atoms with van der Waals surface area (Å²) in [4.78, 5) is 25.7. The van der Waals surface area contributed by atoms with Crippen LogP contribution in [0.2, 0.25) is 0 Å². The van der Waals surface area contributed by atoms with Gasteiger partial charge in [-0.3, -0.25) is 9.59 Å². The SMILES string of the molecule is CCOc1ccc(NC(=O)c2ccc(NC(=O)C[NH+]3CCOCC3)cc2)cc1. The summed E-state index contributed by atoms with van der Waals surface area (Å²) in [6.45, 7) is 6.02. The molecule has 3 N–H and O–H groups in total. The molecule has 1 fully saturated rings. The van der Waals surface area contributed by atoms with Gasteiger partial charge in [0.2, 0.25) is 0 Å². The molecule has 7 nitrogen and oxygen atoms in total. The fourth-order valence-electron chi connectivity index (χ4n) is 2.98. The van der Waals surface area contributed by atoms with E-state index in [1.54, 1.807) is 36.4 Å². The van der Waals surface area contributed by atoms with Crippen LogP contribution in [0.5, 0.6) is 5.75 Å². The van der Waals surface area contributed by atoms with Crippen LogP contribution in [-0.4, -0.2) is 51.3 Å². The van der Waals surface area contributed by atoms with Crippen molar-refractivity contribution in [1.29, 1.82) is 0 Å². The standard InChI is InChI=1S/C21H25N3O4/c1-2-28-19-9-7-18(8-10-19)23-21(26)16-3-5-17(6-4-16)22-20(25)15-24-11-13-27-14-12-24/h3-10H,2,11-15H2,1H3,(H,22,25)(H,23,26)/p+1. The molecule has 3 rings (SSSR count). The summed E-state index contributed by atoms with van der Waals surface area (Å²) < 4.78 is 10.7. The molecule has 148 valence electrons. The van der Waals surface area contributed by atoms with Crippen molar-refractivity contribution in [3.8, 4) is 5.75 Å². The molecule has 1 aliphatic rings. The molecule has 0 saturated carbocycles. The van der Waals surface area contributed by atoms with E-state index in [-0.39, 0.29) is 11.8 Å². The van der Waals surface area contributed by atoms with Crippen LogP contribution in [0.3, 0.4) is 0 Å². The summed E-state index contributed by atoms with van der Waals surface area (Å²) in [6, 6.07) is 14.1. The lowest BCUT2D eigenvalue weighted by molar-refractivity contribution is -0.899. The lowest BCUT2D eigenvalue weighted by Crippen LogP contribution is -3.15. The number of amides is 2.